The standard InChI is InChI=1S/C6H13N3O3S/c1-13(11,12)9-3-2-5(9)4-6(10)8-7/h5H,2-4,7H2,1H3,(H,8,10). The van der Waals surface area contributed by atoms with Crippen LogP contribution in [0.15, 0.2) is 0 Å². The Balaban J connectivity index is 2.51. The van der Waals surface area contributed by atoms with Crippen LogP contribution in [0.4, 0.5) is 0 Å². The molecule has 1 amide bonds. The van der Waals surface area contributed by atoms with Crippen molar-refractivity contribution in [3.05, 3.63) is 0 Å². The minimum atomic E-state index is -3.16. The zero-order chi connectivity index (χ0) is 10.1. The summed E-state index contributed by atoms with van der Waals surface area (Å²) in [6, 6.07) is -0.210. The average molecular weight is 207 g/mol. The van der Waals surface area contributed by atoms with Crippen molar-refractivity contribution in [3.63, 3.8) is 0 Å². The van der Waals surface area contributed by atoms with Gasteiger partial charge in [0.2, 0.25) is 15.9 Å². The Kier molecular flexibility index (Phi) is 2.89. The molecule has 0 radical (unpaired) electrons. The fourth-order valence-electron chi connectivity index (χ4n) is 1.33. The van der Waals surface area contributed by atoms with Crippen molar-refractivity contribution in [2.24, 2.45) is 5.84 Å². The molecule has 1 aliphatic heterocycles. The van der Waals surface area contributed by atoms with Gasteiger partial charge in [-0.05, 0) is 6.42 Å². The van der Waals surface area contributed by atoms with Crippen LogP contribution in [0.2, 0.25) is 0 Å². The van der Waals surface area contributed by atoms with Gasteiger partial charge in [-0.25, -0.2) is 14.3 Å². The summed E-state index contributed by atoms with van der Waals surface area (Å²) >= 11 is 0. The van der Waals surface area contributed by atoms with Gasteiger partial charge < -0.3 is 0 Å². The van der Waals surface area contributed by atoms with E-state index in [9.17, 15) is 13.2 Å². The van der Waals surface area contributed by atoms with E-state index in [0.717, 1.165) is 12.7 Å². The Morgan fingerprint density at radius 2 is 2.31 bits per heavy atom. The fraction of sp³-hybridized carbons (Fsp3) is 0.833. The van der Waals surface area contributed by atoms with E-state index < -0.39 is 10.0 Å². The monoisotopic (exact) mass is 207 g/mol. The minimum absolute atomic E-state index is 0.142. The molecule has 0 aliphatic carbocycles. The summed E-state index contributed by atoms with van der Waals surface area (Å²) in [6.45, 7) is 0.501. The molecule has 1 atom stereocenters. The maximum absolute atomic E-state index is 11.1. The van der Waals surface area contributed by atoms with E-state index in [2.05, 4.69) is 0 Å². The van der Waals surface area contributed by atoms with Gasteiger partial charge in [0.05, 0.1) is 6.26 Å². The van der Waals surface area contributed by atoms with Gasteiger partial charge >= 0.3 is 0 Å². The molecule has 7 heteroatoms. The number of nitrogens with zero attached hydrogens (tertiary/aromatic N) is 1. The number of hydrogen-bond donors (Lipinski definition) is 2. The molecule has 0 bridgehead atoms. The number of hydrogen-bond acceptors (Lipinski definition) is 4. The predicted molar refractivity (Wildman–Crippen MR) is 46.9 cm³/mol. The predicted octanol–water partition coefficient (Wildman–Crippen LogP) is -1.60. The second kappa shape index (κ2) is 3.60. The molecule has 0 spiro atoms. The second-order valence-corrected chi connectivity index (χ2v) is 5.02. The molecule has 1 unspecified atom stereocenters. The van der Waals surface area contributed by atoms with E-state index in [0.29, 0.717) is 6.54 Å². The summed E-state index contributed by atoms with van der Waals surface area (Å²) in [4.78, 5) is 10.8. The molecule has 1 fully saturated rings. The first-order valence-corrected chi connectivity index (χ1v) is 5.76. The van der Waals surface area contributed by atoms with E-state index in [-0.39, 0.29) is 18.4 Å². The molecule has 1 rings (SSSR count). The van der Waals surface area contributed by atoms with Crippen molar-refractivity contribution in [2.75, 3.05) is 12.8 Å². The smallest absolute Gasteiger partial charge is 0.235 e. The number of rotatable bonds is 3. The first-order chi connectivity index (χ1) is 5.95. The summed E-state index contributed by atoms with van der Waals surface area (Å²) in [6.07, 6.45) is 2.00. The first-order valence-electron chi connectivity index (χ1n) is 3.91. The molecule has 6 nitrogen and oxygen atoms in total. The Labute approximate surface area is 77.1 Å². The summed E-state index contributed by atoms with van der Waals surface area (Å²) in [5.41, 5.74) is 1.98. The van der Waals surface area contributed by atoms with Crippen molar-refractivity contribution in [3.8, 4) is 0 Å². The molecular formula is C6H13N3O3S. The average Bonchev–Trinajstić information content (AvgIpc) is 1.94. The van der Waals surface area contributed by atoms with Crippen LogP contribution in [-0.4, -0.2) is 37.5 Å². The lowest BCUT2D eigenvalue weighted by Crippen LogP contribution is -2.52. The molecule has 0 aromatic carbocycles. The normalized spacial score (nSPS) is 23.7. The van der Waals surface area contributed by atoms with Crippen LogP contribution >= 0.6 is 0 Å². The largest absolute Gasteiger partial charge is 0.294 e. The molecule has 76 valence electrons. The third-order valence-corrected chi connectivity index (χ3v) is 3.43. The number of sulfonamides is 1. The summed E-state index contributed by atoms with van der Waals surface area (Å²) in [7, 11) is -3.16. The van der Waals surface area contributed by atoms with Gasteiger partial charge in [0.1, 0.15) is 0 Å². The van der Waals surface area contributed by atoms with Crippen molar-refractivity contribution in [2.45, 2.75) is 18.9 Å². The zero-order valence-electron chi connectivity index (χ0n) is 7.36. The van der Waals surface area contributed by atoms with Gasteiger partial charge in [0.25, 0.3) is 0 Å². The van der Waals surface area contributed by atoms with Crippen LogP contribution in [-0.2, 0) is 14.8 Å². The van der Waals surface area contributed by atoms with E-state index in [4.69, 9.17) is 5.84 Å². The maximum atomic E-state index is 11.1. The van der Waals surface area contributed by atoms with Crippen LogP contribution in [0, 0.1) is 0 Å². The topological polar surface area (TPSA) is 92.5 Å². The highest BCUT2D eigenvalue weighted by atomic mass is 32.2. The fourth-order valence-corrected chi connectivity index (χ4v) is 2.49. The third kappa shape index (κ3) is 2.39. The van der Waals surface area contributed by atoms with Gasteiger partial charge in [-0.2, -0.15) is 4.31 Å². The Morgan fingerprint density at radius 1 is 1.69 bits per heavy atom. The Bertz CT molecular complexity index is 300. The van der Waals surface area contributed by atoms with Crippen molar-refractivity contribution >= 4 is 15.9 Å². The Morgan fingerprint density at radius 3 is 2.62 bits per heavy atom. The quantitative estimate of drug-likeness (QED) is 0.331. The van der Waals surface area contributed by atoms with E-state index in [1.807, 2.05) is 5.43 Å². The number of nitrogens with two attached hydrogens (primary N) is 1. The lowest BCUT2D eigenvalue weighted by molar-refractivity contribution is -0.122. The maximum Gasteiger partial charge on any atom is 0.235 e. The molecule has 0 aromatic rings. The third-order valence-electron chi connectivity index (χ3n) is 2.10. The van der Waals surface area contributed by atoms with Crippen LogP contribution < -0.4 is 11.3 Å². The van der Waals surface area contributed by atoms with Crippen molar-refractivity contribution in [1.82, 2.24) is 9.73 Å². The van der Waals surface area contributed by atoms with Crippen LogP contribution in [0.5, 0.6) is 0 Å². The van der Waals surface area contributed by atoms with E-state index in [1.54, 1.807) is 0 Å². The van der Waals surface area contributed by atoms with Crippen LogP contribution in [0.1, 0.15) is 12.8 Å². The highest BCUT2D eigenvalue weighted by molar-refractivity contribution is 7.88. The van der Waals surface area contributed by atoms with Crippen LogP contribution in [0.25, 0.3) is 0 Å². The number of carbonyl (C=O) groups is 1. The van der Waals surface area contributed by atoms with E-state index in [1.165, 1.54) is 4.31 Å². The molecule has 1 heterocycles. The minimum Gasteiger partial charge on any atom is -0.294 e. The molecular weight excluding hydrogens is 194 g/mol. The van der Waals surface area contributed by atoms with Gasteiger partial charge in [0, 0.05) is 19.0 Å². The summed E-state index contributed by atoms with van der Waals surface area (Å²) < 4.78 is 23.4. The number of carbonyl (C=O) groups excluding carboxylic acids is 1. The Hall–Kier alpha value is -0.660. The lowest BCUT2D eigenvalue weighted by Gasteiger charge is -2.38. The number of amides is 1. The summed E-state index contributed by atoms with van der Waals surface area (Å²) in [5.74, 6) is 4.55. The second-order valence-electron chi connectivity index (χ2n) is 3.09. The first kappa shape index (κ1) is 10.4. The molecule has 1 aliphatic rings. The summed E-state index contributed by atoms with van der Waals surface area (Å²) in [5, 5.41) is 0. The highest BCUT2D eigenvalue weighted by Gasteiger charge is 2.35. The van der Waals surface area contributed by atoms with Gasteiger partial charge in [-0.15, -0.1) is 0 Å². The van der Waals surface area contributed by atoms with Crippen molar-refractivity contribution in [1.29, 1.82) is 0 Å². The number of hydrazine groups is 1. The lowest BCUT2D eigenvalue weighted by atomic mass is 10.0. The molecule has 1 saturated heterocycles. The highest BCUT2D eigenvalue weighted by Crippen LogP contribution is 2.23. The van der Waals surface area contributed by atoms with Gasteiger partial charge in [0.15, 0.2) is 0 Å². The van der Waals surface area contributed by atoms with Crippen molar-refractivity contribution < 1.29 is 13.2 Å². The SMILES string of the molecule is CS(=O)(=O)N1CCC1CC(=O)NN. The molecule has 0 saturated carbocycles. The van der Waals surface area contributed by atoms with Gasteiger partial charge in [-0.3, -0.25) is 10.2 Å². The molecule has 0 aromatic heterocycles. The molecule has 13 heavy (non-hydrogen) atoms. The number of nitrogens with one attached hydrogen (secondary N) is 1. The molecule has 3 N–H and O–H groups in total. The van der Waals surface area contributed by atoms with E-state index >= 15 is 0 Å². The van der Waals surface area contributed by atoms with Crippen LogP contribution in [0.3, 0.4) is 0 Å². The zero-order valence-corrected chi connectivity index (χ0v) is 8.17. The van der Waals surface area contributed by atoms with Gasteiger partial charge in [-0.1, -0.05) is 0 Å².